The molecular formula is C17H19N3O5. The summed E-state index contributed by atoms with van der Waals surface area (Å²) in [5.74, 6) is 2.00. The maximum absolute atomic E-state index is 13.0. The van der Waals surface area contributed by atoms with Crippen molar-refractivity contribution in [2.24, 2.45) is 0 Å². The van der Waals surface area contributed by atoms with E-state index in [1.165, 1.54) is 0 Å². The fourth-order valence-corrected chi connectivity index (χ4v) is 3.22. The molecule has 132 valence electrons. The predicted molar refractivity (Wildman–Crippen MR) is 85.3 cm³/mol. The molecule has 25 heavy (non-hydrogen) atoms. The standard InChI is InChI=1S/C17H19N3O5/c1-10-18-16(25-19-10)12-7-11(22-2)8-20(12)17(21)15-9-23-13-5-3-4-6-14(13)24-15/h3-6,11-12,15H,7-9H2,1-2H3/t11-,12-,15-/m1/s1. The molecule has 1 saturated heterocycles. The van der Waals surface area contributed by atoms with Gasteiger partial charge in [-0.05, 0) is 19.1 Å². The first-order valence-corrected chi connectivity index (χ1v) is 8.17. The number of likely N-dealkylation sites (tertiary alicyclic amines) is 1. The lowest BCUT2D eigenvalue weighted by Crippen LogP contribution is -2.46. The highest BCUT2D eigenvalue weighted by Gasteiger charge is 2.43. The Hall–Kier alpha value is -2.61. The van der Waals surface area contributed by atoms with E-state index in [1.807, 2.05) is 18.2 Å². The van der Waals surface area contributed by atoms with Gasteiger partial charge in [-0.15, -0.1) is 0 Å². The van der Waals surface area contributed by atoms with Gasteiger partial charge in [-0.2, -0.15) is 4.98 Å². The number of nitrogens with zero attached hydrogens (tertiary/aromatic N) is 3. The van der Waals surface area contributed by atoms with E-state index in [0.29, 0.717) is 36.2 Å². The van der Waals surface area contributed by atoms with Crippen molar-refractivity contribution in [1.82, 2.24) is 15.0 Å². The van der Waals surface area contributed by atoms with Gasteiger partial charge >= 0.3 is 0 Å². The molecule has 8 heteroatoms. The van der Waals surface area contributed by atoms with Gasteiger partial charge in [0.1, 0.15) is 12.6 Å². The molecule has 4 rings (SSSR count). The van der Waals surface area contributed by atoms with Gasteiger partial charge in [-0.1, -0.05) is 17.3 Å². The zero-order valence-electron chi connectivity index (χ0n) is 14.0. The lowest BCUT2D eigenvalue weighted by molar-refractivity contribution is -0.143. The number of hydrogen-bond acceptors (Lipinski definition) is 7. The van der Waals surface area contributed by atoms with E-state index in [1.54, 1.807) is 25.0 Å². The zero-order chi connectivity index (χ0) is 17.4. The molecule has 0 unspecified atom stereocenters. The Kier molecular flexibility index (Phi) is 4.04. The van der Waals surface area contributed by atoms with Crippen LogP contribution in [0.3, 0.4) is 0 Å². The van der Waals surface area contributed by atoms with Crippen molar-refractivity contribution in [2.45, 2.75) is 31.6 Å². The third kappa shape index (κ3) is 2.93. The number of carbonyl (C=O) groups excluding carboxylic acids is 1. The molecule has 1 fully saturated rings. The van der Waals surface area contributed by atoms with E-state index in [0.717, 1.165) is 0 Å². The van der Waals surface area contributed by atoms with E-state index in [9.17, 15) is 4.79 Å². The molecular weight excluding hydrogens is 326 g/mol. The number of fused-ring (bicyclic) bond motifs is 1. The van der Waals surface area contributed by atoms with Crippen molar-refractivity contribution in [1.29, 1.82) is 0 Å². The van der Waals surface area contributed by atoms with E-state index >= 15 is 0 Å². The number of hydrogen-bond donors (Lipinski definition) is 0. The van der Waals surface area contributed by atoms with Crippen molar-refractivity contribution in [3.63, 3.8) is 0 Å². The normalized spacial score (nSPS) is 25.2. The molecule has 3 atom stereocenters. The van der Waals surface area contributed by atoms with Crippen LogP contribution >= 0.6 is 0 Å². The minimum atomic E-state index is -0.711. The molecule has 1 amide bonds. The second-order valence-corrected chi connectivity index (χ2v) is 6.14. The fraction of sp³-hybridized carbons (Fsp3) is 0.471. The molecule has 0 radical (unpaired) electrons. The Morgan fingerprint density at radius 2 is 2.12 bits per heavy atom. The van der Waals surface area contributed by atoms with Gasteiger partial charge in [0, 0.05) is 20.1 Å². The van der Waals surface area contributed by atoms with Crippen molar-refractivity contribution < 1.29 is 23.5 Å². The SMILES string of the molecule is CO[C@@H]1C[C@H](c2nc(C)no2)N(C(=O)[C@H]2COc3ccccc3O2)C1. The second-order valence-electron chi connectivity index (χ2n) is 6.14. The van der Waals surface area contributed by atoms with Crippen LogP contribution in [0.1, 0.15) is 24.2 Å². The van der Waals surface area contributed by atoms with Crippen LogP contribution in [0.25, 0.3) is 0 Å². The summed E-state index contributed by atoms with van der Waals surface area (Å²) in [5.41, 5.74) is 0. The summed E-state index contributed by atoms with van der Waals surface area (Å²) in [4.78, 5) is 19.0. The van der Waals surface area contributed by atoms with Gasteiger partial charge < -0.3 is 23.6 Å². The van der Waals surface area contributed by atoms with Gasteiger partial charge in [0.2, 0.25) is 12.0 Å². The average molecular weight is 345 g/mol. The van der Waals surface area contributed by atoms with Gasteiger partial charge in [-0.25, -0.2) is 0 Å². The Balaban J connectivity index is 1.55. The highest BCUT2D eigenvalue weighted by Crippen LogP contribution is 2.36. The van der Waals surface area contributed by atoms with Crippen molar-refractivity contribution >= 4 is 5.91 Å². The van der Waals surface area contributed by atoms with Crippen LogP contribution in [0.2, 0.25) is 0 Å². The molecule has 2 aliphatic rings. The first-order chi connectivity index (χ1) is 12.2. The third-order valence-electron chi connectivity index (χ3n) is 4.49. The largest absolute Gasteiger partial charge is 0.485 e. The number of benzene rings is 1. The smallest absolute Gasteiger partial charge is 0.268 e. The van der Waals surface area contributed by atoms with Crippen molar-refractivity contribution in [3.8, 4) is 11.5 Å². The molecule has 0 saturated carbocycles. The van der Waals surface area contributed by atoms with Crippen molar-refractivity contribution in [2.75, 3.05) is 20.3 Å². The molecule has 2 aliphatic heterocycles. The summed E-state index contributed by atoms with van der Waals surface area (Å²) in [6.45, 7) is 2.36. The Bertz CT molecular complexity index is 777. The lowest BCUT2D eigenvalue weighted by Gasteiger charge is -2.30. The molecule has 3 heterocycles. The number of para-hydroxylation sites is 2. The molecule has 1 aromatic heterocycles. The lowest BCUT2D eigenvalue weighted by atomic mass is 10.2. The number of ether oxygens (including phenoxy) is 3. The molecule has 0 N–H and O–H groups in total. The maximum Gasteiger partial charge on any atom is 0.268 e. The highest BCUT2D eigenvalue weighted by molar-refractivity contribution is 5.82. The van der Waals surface area contributed by atoms with E-state index in [-0.39, 0.29) is 24.7 Å². The van der Waals surface area contributed by atoms with E-state index < -0.39 is 6.10 Å². The number of carbonyl (C=O) groups is 1. The zero-order valence-corrected chi connectivity index (χ0v) is 14.0. The summed E-state index contributed by atoms with van der Waals surface area (Å²) in [5, 5.41) is 3.83. The van der Waals surface area contributed by atoms with Crippen molar-refractivity contribution in [3.05, 3.63) is 36.0 Å². The predicted octanol–water partition coefficient (Wildman–Crippen LogP) is 1.51. The topological polar surface area (TPSA) is 86.9 Å². The number of methoxy groups -OCH3 is 1. The second kappa shape index (κ2) is 6.36. The molecule has 0 aliphatic carbocycles. The summed E-state index contributed by atoms with van der Waals surface area (Å²) in [6, 6.07) is 6.99. The third-order valence-corrected chi connectivity index (χ3v) is 4.49. The number of aromatic nitrogens is 2. The average Bonchev–Trinajstić information content (AvgIpc) is 3.26. The monoisotopic (exact) mass is 345 g/mol. The highest BCUT2D eigenvalue weighted by atomic mass is 16.6. The molecule has 8 nitrogen and oxygen atoms in total. The Morgan fingerprint density at radius 3 is 2.84 bits per heavy atom. The van der Waals surface area contributed by atoms with Crippen LogP contribution in [-0.2, 0) is 9.53 Å². The summed E-state index contributed by atoms with van der Waals surface area (Å²) >= 11 is 0. The van der Waals surface area contributed by atoms with Gasteiger partial charge in [-0.3, -0.25) is 4.79 Å². The molecule has 2 aromatic rings. The van der Waals surface area contributed by atoms with Crippen LogP contribution in [0, 0.1) is 6.92 Å². The molecule has 0 bridgehead atoms. The Morgan fingerprint density at radius 1 is 1.32 bits per heavy atom. The Labute approximate surface area is 144 Å². The van der Waals surface area contributed by atoms with Gasteiger partial charge in [0.25, 0.3) is 5.91 Å². The number of amides is 1. The van der Waals surface area contributed by atoms with E-state index in [2.05, 4.69) is 10.1 Å². The van der Waals surface area contributed by atoms with Crippen LogP contribution in [0.15, 0.2) is 28.8 Å². The maximum atomic E-state index is 13.0. The minimum Gasteiger partial charge on any atom is -0.485 e. The summed E-state index contributed by atoms with van der Waals surface area (Å²) in [7, 11) is 1.63. The van der Waals surface area contributed by atoms with Gasteiger partial charge in [0.05, 0.1) is 6.10 Å². The molecule has 1 aromatic carbocycles. The quantitative estimate of drug-likeness (QED) is 0.833. The minimum absolute atomic E-state index is 0.0852. The number of aryl methyl sites for hydroxylation is 1. The summed E-state index contributed by atoms with van der Waals surface area (Å²) in [6.07, 6.45) is -0.191. The number of rotatable bonds is 3. The van der Waals surface area contributed by atoms with Crippen LogP contribution in [-0.4, -0.2) is 53.4 Å². The molecule has 0 spiro atoms. The van der Waals surface area contributed by atoms with Crippen LogP contribution in [0.5, 0.6) is 11.5 Å². The first-order valence-electron chi connectivity index (χ1n) is 8.17. The fourth-order valence-electron chi connectivity index (χ4n) is 3.22. The van der Waals surface area contributed by atoms with Crippen LogP contribution in [0.4, 0.5) is 0 Å². The van der Waals surface area contributed by atoms with Gasteiger partial charge in [0.15, 0.2) is 17.3 Å². The van der Waals surface area contributed by atoms with Crippen LogP contribution < -0.4 is 9.47 Å². The first kappa shape index (κ1) is 15.9. The van der Waals surface area contributed by atoms with E-state index in [4.69, 9.17) is 18.7 Å². The summed E-state index contributed by atoms with van der Waals surface area (Å²) < 4.78 is 22.2.